The van der Waals surface area contributed by atoms with Crippen LogP contribution in [0.4, 0.5) is 0 Å². The Morgan fingerprint density at radius 1 is 1.65 bits per heavy atom. The molecule has 1 atom stereocenters. The van der Waals surface area contributed by atoms with Gasteiger partial charge in [-0.25, -0.2) is 0 Å². The van der Waals surface area contributed by atoms with Gasteiger partial charge in [0.05, 0.1) is 19.2 Å². The highest BCUT2D eigenvalue weighted by molar-refractivity contribution is 7.80. The highest BCUT2D eigenvalue weighted by Gasteiger charge is 2.36. The molecular formula is C10H10N2O4S. The minimum absolute atomic E-state index is 0.216. The lowest BCUT2D eigenvalue weighted by Crippen LogP contribution is -2.32. The van der Waals surface area contributed by atoms with Crippen LogP contribution in [0.3, 0.4) is 0 Å². The van der Waals surface area contributed by atoms with Crippen LogP contribution in [0.1, 0.15) is 12.2 Å². The molecule has 1 saturated heterocycles. The van der Waals surface area contributed by atoms with E-state index in [-0.39, 0.29) is 24.0 Å². The van der Waals surface area contributed by atoms with Gasteiger partial charge < -0.3 is 14.8 Å². The molecule has 1 fully saturated rings. The first-order valence-electron chi connectivity index (χ1n) is 4.94. The zero-order valence-corrected chi connectivity index (χ0v) is 9.57. The van der Waals surface area contributed by atoms with Crippen LogP contribution in [0.15, 0.2) is 22.8 Å². The molecule has 6 nitrogen and oxygen atoms in total. The molecule has 0 aliphatic carbocycles. The molecule has 2 rings (SSSR count). The topological polar surface area (TPSA) is 82.8 Å². The third-order valence-corrected chi connectivity index (χ3v) is 2.72. The van der Waals surface area contributed by atoms with Gasteiger partial charge in [0.2, 0.25) is 0 Å². The molecule has 1 aromatic heterocycles. The number of nitrogens with one attached hydrogen (secondary N) is 1. The molecule has 0 unspecified atom stereocenters. The van der Waals surface area contributed by atoms with Gasteiger partial charge in [-0.3, -0.25) is 14.5 Å². The lowest BCUT2D eigenvalue weighted by Gasteiger charge is -2.12. The summed E-state index contributed by atoms with van der Waals surface area (Å²) in [4.78, 5) is 23.7. The fraction of sp³-hybridized carbons (Fsp3) is 0.300. The van der Waals surface area contributed by atoms with Gasteiger partial charge in [0, 0.05) is 0 Å². The van der Waals surface area contributed by atoms with E-state index in [1.165, 1.54) is 11.2 Å². The third kappa shape index (κ3) is 2.44. The second kappa shape index (κ2) is 4.54. The second-order valence-electron chi connectivity index (χ2n) is 3.60. The number of hydrogen-bond donors (Lipinski definition) is 2. The largest absolute Gasteiger partial charge is 0.481 e. The molecular weight excluding hydrogens is 244 g/mol. The smallest absolute Gasteiger partial charge is 0.305 e. The van der Waals surface area contributed by atoms with Crippen LogP contribution in [-0.4, -0.2) is 33.0 Å². The first-order valence-corrected chi connectivity index (χ1v) is 5.35. The lowest BCUT2D eigenvalue weighted by molar-refractivity contribution is -0.140. The molecule has 2 N–H and O–H groups in total. The van der Waals surface area contributed by atoms with Crippen molar-refractivity contribution in [2.45, 2.75) is 19.0 Å². The molecule has 2 heterocycles. The fourth-order valence-corrected chi connectivity index (χ4v) is 1.89. The highest BCUT2D eigenvalue weighted by atomic mass is 32.1. The molecule has 1 aromatic rings. The van der Waals surface area contributed by atoms with E-state index in [1.807, 2.05) is 0 Å². The summed E-state index contributed by atoms with van der Waals surface area (Å²) in [7, 11) is 0. The van der Waals surface area contributed by atoms with E-state index in [0.717, 1.165) is 0 Å². The van der Waals surface area contributed by atoms with Crippen LogP contribution in [0, 0.1) is 0 Å². The van der Waals surface area contributed by atoms with Gasteiger partial charge in [-0.05, 0) is 24.4 Å². The number of carbonyl (C=O) groups is 2. The summed E-state index contributed by atoms with van der Waals surface area (Å²) in [5, 5.41) is 11.6. The molecule has 17 heavy (non-hydrogen) atoms. The van der Waals surface area contributed by atoms with Crippen LogP contribution >= 0.6 is 12.2 Å². The second-order valence-corrected chi connectivity index (χ2v) is 3.99. The summed E-state index contributed by atoms with van der Waals surface area (Å²) in [5.41, 5.74) is 0. The highest BCUT2D eigenvalue weighted by Crippen LogP contribution is 2.14. The SMILES string of the molecule is O=C(O)C[C@H]1NC(=S)N(Cc2ccco2)C1=O. The summed E-state index contributed by atoms with van der Waals surface area (Å²) in [6.45, 7) is 0.216. The minimum atomic E-state index is -1.04. The van der Waals surface area contributed by atoms with E-state index in [1.54, 1.807) is 12.1 Å². The average molecular weight is 254 g/mol. The summed E-state index contributed by atoms with van der Waals surface area (Å²) in [6.07, 6.45) is 1.22. The Kier molecular flexibility index (Phi) is 3.10. The lowest BCUT2D eigenvalue weighted by atomic mass is 10.2. The Labute approximate surface area is 102 Å². The number of amides is 1. The Hall–Kier alpha value is -1.89. The van der Waals surface area contributed by atoms with Crippen molar-refractivity contribution < 1.29 is 19.1 Å². The number of carboxylic acids is 1. The average Bonchev–Trinajstić information content (AvgIpc) is 2.83. The van der Waals surface area contributed by atoms with Crippen molar-refractivity contribution in [3.8, 4) is 0 Å². The first kappa shape index (κ1) is 11.6. The number of aliphatic carboxylic acids is 1. The Morgan fingerprint density at radius 2 is 2.41 bits per heavy atom. The van der Waals surface area contributed by atoms with Gasteiger partial charge in [0.25, 0.3) is 5.91 Å². The van der Waals surface area contributed by atoms with E-state index >= 15 is 0 Å². The van der Waals surface area contributed by atoms with Crippen LogP contribution in [0.5, 0.6) is 0 Å². The van der Waals surface area contributed by atoms with Gasteiger partial charge in [-0.15, -0.1) is 0 Å². The molecule has 0 radical (unpaired) electrons. The number of carboxylic acid groups (broad SMARTS) is 1. The Morgan fingerprint density at radius 3 is 3.00 bits per heavy atom. The fourth-order valence-electron chi connectivity index (χ4n) is 1.60. The van der Waals surface area contributed by atoms with Crippen LogP contribution < -0.4 is 5.32 Å². The van der Waals surface area contributed by atoms with Crippen molar-refractivity contribution in [1.29, 1.82) is 0 Å². The predicted molar refractivity (Wildman–Crippen MR) is 61.0 cm³/mol. The van der Waals surface area contributed by atoms with Gasteiger partial charge in [-0.2, -0.15) is 0 Å². The molecule has 0 bridgehead atoms. The number of furan rings is 1. The maximum Gasteiger partial charge on any atom is 0.305 e. The van der Waals surface area contributed by atoms with Crippen LogP contribution in [0.2, 0.25) is 0 Å². The van der Waals surface area contributed by atoms with E-state index < -0.39 is 12.0 Å². The van der Waals surface area contributed by atoms with E-state index in [9.17, 15) is 9.59 Å². The molecule has 7 heteroatoms. The standard InChI is InChI=1S/C10H10N2O4S/c13-8(14)4-7-9(15)12(10(17)11-7)5-6-2-1-3-16-6/h1-3,7H,4-5H2,(H,11,17)(H,13,14)/t7-/m1/s1. The number of rotatable bonds is 4. The van der Waals surface area contributed by atoms with Gasteiger partial charge in [0.1, 0.15) is 11.8 Å². The van der Waals surface area contributed by atoms with Gasteiger partial charge >= 0.3 is 5.97 Å². The predicted octanol–water partition coefficient (Wildman–Crippen LogP) is 0.340. The van der Waals surface area contributed by atoms with Crippen LogP contribution in [0.25, 0.3) is 0 Å². The van der Waals surface area contributed by atoms with Crippen molar-refractivity contribution in [1.82, 2.24) is 10.2 Å². The third-order valence-electron chi connectivity index (χ3n) is 2.38. The van der Waals surface area contributed by atoms with E-state index in [2.05, 4.69) is 5.32 Å². The molecule has 0 saturated carbocycles. The summed E-state index contributed by atoms with van der Waals surface area (Å²) in [5.74, 6) is -0.786. The van der Waals surface area contributed by atoms with Gasteiger partial charge in [-0.1, -0.05) is 0 Å². The minimum Gasteiger partial charge on any atom is -0.481 e. The molecule has 1 amide bonds. The number of thiocarbonyl (C=S) groups is 1. The number of nitrogens with zero attached hydrogens (tertiary/aromatic N) is 1. The molecule has 90 valence electrons. The maximum absolute atomic E-state index is 11.8. The van der Waals surface area contributed by atoms with Crippen molar-refractivity contribution in [3.05, 3.63) is 24.2 Å². The summed E-state index contributed by atoms with van der Waals surface area (Å²) >= 11 is 4.98. The van der Waals surface area contributed by atoms with E-state index in [0.29, 0.717) is 5.76 Å². The quantitative estimate of drug-likeness (QED) is 0.754. The molecule has 0 aromatic carbocycles. The normalized spacial score (nSPS) is 19.5. The molecule has 1 aliphatic heterocycles. The monoisotopic (exact) mass is 254 g/mol. The zero-order chi connectivity index (χ0) is 12.4. The van der Waals surface area contributed by atoms with Crippen molar-refractivity contribution >= 4 is 29.2 Å². The first-order chi connectivity index (χ1) is 8.08. The molecule has 0 spiro atoms. The Bertz CT molecular complexity index is 457. The van der Waals surface area contributed by atoms with Crippen molar-refractivity contribution in [3.63, 3.8) is 0 Å². The maximum atomic E-state index is 11.8. The number of carbonyl (C=O) groups excluding carboxylic acids is 1. The van der Waals surface area contributed by atoms with Crippen molar-refractivity contribution in [2.24, 2.45) is 0 Å². The van der Waals surface area contributed by atoms with E-state index in [4.69, 9.17) is 21.7 Å². The zero-order valence-electron chi connectivity index (χ0n) is 8.75. The number of hydrogen-bond acceptors (Lipinski definition) is 4. The summed E-state index contributed by atoms with van der Waals surface area (Å²) < 4.78 is 5.11. The van der Waals surface area contributed by atoms with Crippen LogP contribution in [-0.2, 0) is 16.1 Å². The summed E-state index contributed by atoms with van der Waals surface area (Å²) in [6, 6.07) is 2.65. The molecule has 1 aliphatic rings. The van der Waals surface area contributed by atoms with Gasteiger partial charge in [0.15, 0.2) is 5.11 Å². The van der Waals surface area contributed by atoms with Crippen molar-refractivity contribution in [2.75, 3.05) is 0 Å². The Balaban J connectivity index is 2.06.